The van der Waals surface area contributed by atoms with Gasteiger partial charge in [0.05, 0.1) is 0 Å². The van der Waals surface area contributed by atoms with E-state index < -0.39 is 6.10 Å². The third-order valence-corrected chi connectivity index (χ3v) is 3.55. The number of hydrogen-bond donors (Lipinski definition) is 1. The second-order valence-corrected chi connectivity index (χ2v) is 5.66. The Bertz CT molecular complexity index is 737. The lowest BCUT2D eigenvalue weighted by molar-refractivity contribution is -0.122. The second-order valence-electron chi connectivity index (χ2n) is 5.66. The highest BCUT2D eigenvalue weighted by Crippen LogP contribution is 2.21. The number of rotatable bonds is 5. The van der Waals surface area contributed by atoms with Gasteiger partial charge in [0.2, 0.25) is 0 Å². The molecule has 4 nitrogen and oxygen atoms in total. The normalized spacial score (nSPS) is 11.7. The van der Waals surface area contributed by atoms with Gasteiger partial charge in [0.1, 0.15) is 5.75 Å². The van der Waals surface area contributed by atoms with E-state index in [1.807, 2.05) is 32.0 Å². The summed E-state index contributed by atoms with van der Waals surface area (Å²) < 4.78 is 5.76. The van der Waals surface area contributed by atoms with Crippen LogP contribution in [0.15, 0.2) is 42.5 Å². The molecule has 2 aromatic carbocycles. The fourth-order valence-electron chi connectivity index (χ4n) is 2.14. The minimum absolute atomic E-state index is 0.0409. The van der Waals surface area contributed by atoms with Gasteiger partial charge in [0.15, 0.2) is 11.9 Å². The van der Waals surface area contributed by atoms with Crippen molar-refractivity contribution in [3.05, 3.63) is 59.2 Å². The summed E-state index contributed by atoms with van der Waals surface area (Å²) in [5.74, 6) is 0.400. The topological polar surface area (TPSA) is 55.4 Å². The van der Waals surface area contributed by atoms with Crippen molar-refractivity contribution in [2.24, 2.45) is 0 Å². The highest BCUT2D eigenvalue weighted by molar-refractivity contribution is 5.98. The van der Waals surface area contributed by atoms with Gasteiger partial charge in [0.25, 0.3) is 5.91 Å². The van der Waals surface area contributed by atoms with Crippen molar-refractivity contribution in [3.8, 4) is 5.75 Å². The highest BCUT2D eigenvalue weighted by Gasteiger charge is 2.16. The van der Waals surface area contributed by atoms with E-state index in [9.17, 15) is 9.59 Å². The van der Waals surface area contributed by atoms with Crippen molar-refractivity contribution < 1.29 is 14.3 Å². The zero-order valence-corrected chi connectivity index (χ0v) is 13.8. The molecule has 1 amide bonds. The van der Waals surface area contributed by atoms with Crippen LogP contribution in [0.5, 0.6) is 5.75 Å². The maximum absolute atomic E-state index is 12.3. The Balaban J connectivity index is 2.07. The van der Waals surface area contributed by atoms with E-state index >= 15 is 0 Å². The molecule has 0 fully saturated rings. The van der Waals surface area contributed by atoms with E-state index in [1.165, 1.54) is 6.92 Å². The molecule has 1 atom stereocenters. The Morgan fingerprint density at radius 2 is 1.83 bits per heavy atom. The van der Waals surface area contributed by atoms with Crippen LogP contribution in [0.4, 0.5) is 5.69 Å². The van der Waals surface area contributed by atoms with Crippen molar-refractivity contribution >= 4 is 17.4 Å². The number of anilines is 1. The quantitative estimate of drug-likeness (QED) is 0.852. The monoisotopic (exact) mass is 311 g/mol. The van der Waals surface area contributed by atoms with Gasteiger partial charge in [-0.1, -0.05) is 24.3 Å². The van der Waals surface area contributed by atoms with Crippen molar-refractivity contribution in [2.45, 2.75) is 33.8 Å². The molecule has 0 aliphatic heterocycles. The van der Waals surface area contributed by atoms with Gasteiger partial charge in [-0.05, 0) is 57.0 Å². The van der Waals surface area contributed by atoms with Crippen LogP contribution in [-0.4, -0.2) is 17.8 Å². The summed E-state index contributed by atoms with van der Waals surface area (Å²) in [6.45, 7) is 7.11. The van der Waals surface area contributed by atoms with E-state index in [-0.39, 0.29) is 11.7 Å². The van der Waals surface area contributed by atoms with Crippen molar-refractivity contribution in [3.63, 3.8) is 0 Å². The molecule has 0 saturated heterocycles. The molecule has 0 saturated carbocycles. The molecule has 23 heavy (non-hydrogen) atoms. The Kier molecular flexibility index (Phi) is 5.16. The Morgan fingerprint density at radius 1 is 1.09 bits per heavy atom. The first-order valence-electron chi connectivity index (χ1n) is 7.52. The number of hydrogen-bond acceptors (Lipinski definition) is 3. The molecule has 0 spiro atoms. The lowest BCUT2D eigenvalue weighted by Gasteiger charge is -2.17. The molecule has 0 aromatic heterocycles. The maximum Gasteiger partial charge on any atom is 0.265 e. The molecule has 0 aliphatic rings. The highest BCUT2D eigenvalue weighted by atomic mass is 16.5. The third kappa shape index (κ3) is 4.42. The number of nitrogens with one attached hydrogen (secondary N) is 1. The van der Waals surface area contributed by atoms with Crippen LogP contribution in [0.2, 0.25) is 0 Å². The summed E-state index contributed by atoms with van der Waals surface area (Å²) in [4.78, 5) is 23.7. The number of ketones is 1. The summed E-state index contributed by atoms with van der Waals surface area (Å²) in [7, 11) is 0. The van der Waals surface area contributed by atoms with Crippen LogP contribution < -0.4 is 10.1 Å². The lowest BCUT2D eigenvalue weighted by atomic mass is 10.1. The predicted octanol–water partition coefficient (Wildman–Crippen LogP) is 3.91. The van der Waals surface area contributed by atoms with Gasteiger partial charge < -0.3 is 10.1 Å². The summed E-state index contributed by atoms with van der Waals surface area (Å²) in [5.41, 5.74) is 3.20. The summed E-state index contributed by atoms with van der Waals surface area (Å²) in [6, 6.07) is 12.7. The average Bonchev–Trinajstić information content (AvgIpc) is 2.51. The average molecular weight is 311 g/mol. The number of benzene rings is 2. The fourth-order valence-corrected chi connectivity index (χ4v) is 2.14. The Labute approximate surface area is 136 Å². The minimum Gasteiger partial charge on any atom is -0.481 e. The molecule has 0 radical (unpaired) electrons. The number of amides is 1. The second kappa shape index (κ2) is 7.09. The molecule has 2 rings (SSSR count). The molecule has 1 N–H and O–H groups in total. The van der Waals surface area contributed by atoms with E-state index in [2.05, 4.69) is 5.32 Å². The van der Waals surface area contributed by atoms with Crippen molar-refractivity contribution in [1.82, 2.24) is 0 Å². The number of ether oxygens (including phenoxy) is 1. The third-order valence-electron chi connectivity index (χ3n) is 3.55. The molecule has 1 unspecified atom stereocenters. The summed E-state index contributed by atoms with van der Waals surface area (Å²) >= 11 is 0. The van der Waals surface area contributed by atoms with Crippen LogP contribution in [0.1, 0.15) is 35.3 Å². The van der Waals surface area contributed by atoms with Gasteiger partial charge in [-0.2, -0.15) is 0 Å². The molecular weight excluding hydrogens is 290 g/mol. The zero-order valence-electron chi connectivity index (χ0n) is 13.8. The molecule has 0 heterocycles. The number of carbonyl (C=O) groups excluding carboxylic acids is 2. The largest absolute Gasteiger partial charge is 0.481 e. The van der Waals surface area contributed by atoms with E-state index in [0.717, 1.165) is 11.1 Å². The molecule has 2 aromatic rings. The van der Waals surface area contributed by atoms with Gasteiger partial charge in [0, 0.05) is 11.3 Å². The van der Waals surface area contributed by atoms with Crippen molar-refractivity contribution in [2.75, 3.05) is 5.32 Å². The van der Waals surface area contributed by atoms with Crippen molar-refractivity contribution in [1.29, 1.82) is 0 Å². The van der Waals surface area contributed by atoms with Gasteiger partial charge in [-0.3, -0.25) is 9.59 Å². The predicted molar refractivity (Wildman–Crippen MR) is 91.1 cm³/mol. The smallest absolute Gasteiger partial charge is 0.265 e. The van der Waals surface area contributed by atoms with Gasteiger partial charge in [-0.15, -0.1) is 0 Å². The van der Waals surface area contributed by atoms with Gasteiger partial charge in [-0.25, -0.2) is 0 Å². The standard InChI is InChI=1S/C19H21NO3/c1-12-8-9-13(2)18(10-12)23-15(4)19(22)20-17-7-5-6-16(11-17)14(3)21/h5-11,15H,1-4H3,(H,20,22). The van der Waals surface area contributed by atoms with E-state index in [4.69, 9.17) is 4.74 Å². The van der Waals surface area contributed by atoms with Crippen LogP contribution in [-0.2, 0) is 4.79 Å². The summed E-state index contributed by atoms with van der Waals surface area (Å²) in [5, 5.41) is 2.78. The van der Waals surface area contributed by atoms with Crippen LogP contribution in [0.3, 0.4) is 0 Å². The van der Waals surface area contributed by atoms with Gasteiger partial charge >= 0.3 is 0 Å². The number of carbonyl (C=O) groups is 2. The molecular formula is C19H21NO3. The number of Topliss-reactive ketones (excluding diaryl/α,β-unsaturated/α-hetero) is 1. The molecule has 4 heteroatoms. The van der Waals surface area contributed by atoms with Crippen LogP contribution in [0, 0.1) is 13.8 Å². The molecule has 0 aliphatic carbocycles. The fraction of sp³-hybridized carbons (Fsp3) is 0.263. The maximum atomic E-state index is 12.3. The first kappa shape index (κ1) is 16.7. The SMILES string of the molecule is CC(=O)c1cccc(NC(=O)C(C)Oc2cc(C)ccc2C)c1. The van der Waals surface area contributed by atoms with Crippen LogP contribution in [0.25, 0.3) is 0 Å². The zero-order chi connectivity index (χ0) is 17.0. The Morgan fingerprint density at radius 3 is 2.52 bits per heavy atom. The van der Waals surface area contributed by atoms with E-state index in [0.29, 0.717) is 17.0 Å². The first-order valence-corrected chi connectivity index (χ1v) is 7.52. The summed E-state index contributed by atoms with van der Waals surface area (Å²) in [6.07, 6.45) is -0.642. The molecule has 120 valence electrons. The Hall–Kier alpha value is -2.62. The van der Waals surface area contributed by atoms with E-state index in [1.54, 1.807) is 31.2 Å². The van der Waals surface area contributed by atoms with Crippen LogP contribution >= 0.6 is 0 Å². The molecule has 0 bridgehead atoms. The minimum atomic E-state index is -0.642. The lowest BCUT2D eigenvalue weighted by Crippen LogP contribution is -2.30. The first-order chi connectivity index (χ1) is 10.9. The number of aryl methyl sites for hydroxylation is 2.